The maximum absolute atomic E-state index is 8.88. The van der Waals surface area contributed by atoms with Crippen molar-refractivity contribution in [3.05, 3.63) is 28.2 Å². The van der Waals surface area contributed by atoms with Crippen LogP contribution in [0.2, 0.25) is 0 Å². The molecular weight excluding hydrogens is 290 g/mol. The van der Waals surface area contributed by atoms with Crippen molar-refractivity contribution < 1.29 is 0 Å². The van der Waals surface area contributed by atoms with Crippen molar-refractivity contribution in [1.82, 2.24) is 4.90 Å². The Morgan fingerprint density at radius 3 is 2.72 bits per heavy atom. The van der Waals surface area contributed by atoms with E-state index in [9.17, 15) is 0 Å². The van der Waals surface area contributed by atoms with Gasteiger partial charge in [-0.1, -0.05) is 6.92 Å². The molecule has 0 aliphatic carbocycles. The van der Waals surface area contributed by atoms with Gasteiger partial charge in [-0.25, -0.2) is 0 Å². The van der Waals surface area contributed by atoms with Gasteiger partial charge in [0.15, 0.2) is 0 Å². The van der Waals surface area contributed by atoms with Crippen LogP contribution in [0.3, 0.4) is 0 Å². The zero-order valence-corrected chi connectivity index (χ0v) is 12.2. The minimum Gasteiger partial charge on any atom is -0.382 e. The number of nitrogens with one attached hydrogen (secondary N) is 1. The summed E-state index contributed by atoms with van der Waals surface area (Å²) in [5.41, 5.74) is 1.78. The van der Waals surface area contributed by atoms with Crippen molar-refractivity contribution in [2.24, 2.45) is 0 Å². The van der Waals surface area contributed by atoms with Gasteiger partial charge < -0.3 is 10.2 Å². The van der Waals surface area contributed by atoms with Crippen LogP contribution in [0.5, 0.6) is 0 Å². The van der Waals surface area contributed by atoms with Gasteiger partial charge in [-0.2, -0.15) is 5.26 Å². The number of rotatable bonds is 3. The average Bonchev–Trinajstić information content (AvgIpc) is 2.40. The van der Waals surface area contributed by atoms with Gasteiger partial charge in [0, 0.05) is 29.3 Å². The fourth-order valence-corrected chi connectivity index (χ4v) is 2.79. The topological polar surface area (TPSA) is 39.1 Å². The average molecular weight is 308 g/mol. The van der Waals surface area contributed by atoms with E-state index in [0.717, 1.165) is 16.7 Å². The maximum atomic E-state index is 8.88. The molecule has 1 aromatic carbocycles. The number of nitrogens with zero attached hydrogens (tertiary/aromatic N) is 2. The van der Waals surface area contributed by atoms with Gasteiger partial charge in [0.25, 0.3) is 0 Å². The van der Waals surface area contributed by atoms with E-state index in [1.54, 1.807) is 0 Å². The minimum atomic E-state index is 0.549. The van der Waals surface area contributed by atoms with Crippen molar-refractivity contribution in [2.75, 3.05) is 25.0 Å². The summed E-state index contributed by atoms with van der Waals surface area (Å²) in [5, 5.41) is 12.4. The Bertz CT molecular complexity index is 445. The van der Waals surface area contributed by atoms with Crippen LogP contribution < -0.4 is 5.32 Å². The fraction of sp³-hybridized carbons (Fsp3) is 0.500. The molecule has 0 amide bonds. The number of halogens is 1. The molecule has 0 bridgehead atoms. The molecule has 1 aliphatic rings. The molecule has 3 nitrogen and oxygen atoms in total. The Morgan fingerprint density at radius 2 is 2.17 bits per heavy atom. The zero-order valence-electron chi connectivity index (χ0n) is 10.6. The Morgan fingerprint density at radius 1 is 1.44 bits per heavy atom. The maximum Gasteiger partial charge on any atom is 0.100 e. The molecule has 0 radical (unpaired) electrons. The third kappa shape index (κ3) is 3.24. The molecule has 0 saturated carbocycles. The second-order valence-electron chi connectivity index (χ2n) is 4.66. The molecule has 1 aliphatic heterocycles. The van der Waals surface area contributed by atoms with Crippen molar-refractivity contribution in [3.8, 4) is 6.07 Å². The van der Waals surface area contributed by atoms with Gasteiger partial charge in [-0.3, -0.25) is 0 Å². The van der Waals surface area contributed by atoms with E-state index in [-0.39, 0.29) is 0 Å². The van der Waals surface area contributed by atoms with Crippen LogP contribution in [-0.2, 0) is 0 Å². The first-order chi connectivity index (χ1) is 8.72. The minimum absolute atomic E-state index is 0.549. The van der Waals surface area contributed by atoms with Gasteiger partial charge in [-0.05, 0) is 53.5 Å². The highest BCUT2D eigenvalue weighted by Gasteiger charge is 2.17. The number of piperidine rings is 1. The molecule has 0 unspecified atom stereocenters. The predicted molar refractivity (Wildman–Crippen MR) is 77.6 cm³/mol. The largest absolute Gasteiger partial charge is 0.382 e. The standard InChI is InChI=1S/C14H18BrN3/c1-2-18-7-5-12(6-8-18)17-13-4-3-11(10-16)14(15)9-13/h3-4,9,12,17H,2,5-8H2,1H3. The highest BCUT2D eigenvalue weighted by molar-refractivity contribution is 9.10. The van der Waals surface area contributed by atoms with Gasteiger partial charge in [-0.15, -0.1) is 0 Å². The van der Waals surface area contributed by atoms with E-state index in [0.29, 0.717) is 11.6 Å². The van der Waals surface area contributed by atoms with E-state index in [1.807, 2.05) is 18.2 Å². The van der Waals surface area contributed by atoms with Gasteiger partial charge in [0.05, 0.1) is 5.56 Å². The summed E-state index contributed by atoms with van der Waals surface area (Å²) in [6.45, 7) is 5.71. The van der Waals surface area contributed by atoms with E-state index in [2.05, 4.69) is 39.1 Å². The number of benzene rings is 1. The molecule has 1 fully saturated rings. The Kier molecular flexibility index (Phi) is 4.62. The first kappa shape index (κ1) is 13.4. The molecule has 2 rings (SSSR count). The van der Waals surface area contributed by atoms with Gasteiger partial charge in [0.1, 0.15) is 6.07 Å². The van der Waals surface area contributed by atoms with Crippen LogP contribution in [0.1, 0.15) is 25.3 Å². The molecule has 1 saturated heterocycles. The first-order valence-electron chi connectivity index (χ1n) is 6.41. The Labute approximate surface area is 117 Å². The summed E-state index contributed by atoms with van der Waals surface area (Å²) in [7, 11) is 0. The molecule has 96 valence electrons. The Hall–Kier alpha value is -1.05. The number of hydrogen-bond donors (Lipinski definition) is 1. The second kappa shape index (κ2) is 6.21. The highest BCUT2D eigenvalue weighted by atomic mass is 79.9. The zero-order chi connectivity index (χ0) is 13.0. The fourth-order valence-electron chi connectivity index (χ4n) is 2.32. The molecule has 0 spiro atoms. The van der Waals surface area contributed by atoms with E-state index >= 15 is 0 Å². The second-order valence-corrected chi connectivity index (χ2v) is 5.51. The monoisotopic (exact) mass is 307 g/mol. The number of anilines is 1. The van der Waals surface area contributed by atoms with Gasteiger partial charge >= 0.3 is 0 Å². The van der Waals surface area contributed by atoms with E-state index < -0.39 is 0 Å². The lowest BCUT2D eigenvalue weighted by Crippen LogP contribution is -2.38. The molecule has 1 N–H and O–H groups in total. The molecule has 0 aromatic heterocycles. The molecular formula is C14H18BrN3. The van der Waals surface area contributed by atoms with Crippen molar-refractivity contribution in [1.29, 1.82) is 5.26 Å². The van der Waals surface area contributed by atoms with E-state index in [4.69, 9.17) is 5.26 Å². The summed E-state index contributed by atoms with van der Waals surface area (Å²) in [4.78, 5) is 2.48. The van der Waals surface area contributed by atoms with Crippen molar-refractivity contribution >= 4 is 21.6 Å². The third-order valence-electron chi connectivity index (χ3n) is 3.50. The summed E-state index contributed by atoms with van der Waals surface area (Å²) in [5.74, 6) is 0. The first-order valence-corrected chi connectivity index (χ1v) is 7.20. The smallest absolute Gasteiger partial charge is 0.100 e. The highest BCUT2D eigenvalue weighted by Crippen LogP contribution is 2.23. The molecule has 0 atom stereocenters. The van der Waals surface area contributed by atoms with Crippen molar-refractivity contribution in [3.63, 3.8) is 0 Å². The van der Waals surface area contributed by atoms with Crippen LogP contribution in [0.25, 0.3) is 0 Å². The van der Waals surface area contributed by atoms with Crippen LogP contribution in [-0.4, -0.2) is 30.6 Å². The van der Waals surface area contributed by atoms with Crippen LogP contribution in [0.4, 0.5) is 5.69 Å². The lowest BCUT2D eigenvalue weighted by atomic mass is 10.0. The number of hydrogen-bond acceptors (Lipinski definition) is 3. The van der Waals surface area contributed by atoms with E-state index in [1.165, 1.54) is 25.9 Å². The van der Waals surface area contributed by atoms with Crippen LogP contribution in [0.15, 0.2) is 22.7 Å². The summed E-state index contributed by atoms with van der Waals surface area (Å²) < 4.78 is 0.862. The molecule has 4 heteroatoms. The number of likely N-dealkylation sites (tertiary alicyclic amines) is 1. The molecule has 1 heterocycles. The quantitative estimate of drug-likeness (QED) is 0.932. The summed E-state index contributed by atoms with van der Waals surface area (Å²) in [6, 6.07) is 8.53. The van der Waals surface area contributed by atoms with Crippen LogP contribution >= 0.6 is 15.9 Å². The third-order valence-corrected chi connectivity index (χ3v) is 4.15. The normalized spacial score (nSPS) is 17.4. The van der Waals surface area contributed by atoms with Crippen molar-refractivity contribution in [2.45, 2.75) is 25.8 Å². The lowest BCUT2D eigenvalue weighted by Gasteiger charge is -2.32. The molecule has 1 aromatic rings. The number of nitriles is 1. The van der Waals surface area contributed by atoms with Crippen LogP contribution in [0, 0.1) is 11.3 Å². The Balaban J connectivity index is 1.94. The summed E-state index contributed by atoms with van der Waals surface area (Å²) in [6.07, 6.45) is 2.37. The summed E-state index contributed by atoms with van der Waals surface area (Å²) >= 11 is 3.42. The lowest BCUT2D eigenvalue weighted by molar-refractivity contribution is 0.229. The predicted octanol–water partition coefficient (Wildman–Crippen LogP) is 3.22. The SMILES string of the molecule is CCN1CCC(Nc2ccc(C#N)c(Br)c2)CC1. The molecule has 18 heavy (non-hydrogen) atoms. The van der Waals surface area contributed by atoms with Gasteiger partial charge in [0.2, 0.25) is 0 Å².